The first-order valence-electron chi connectivity index (χ1n) is 12.7. The summed E-state index contributed by atoms with van der Waals surface area (Å²) >= 11 is 0. The molecule has 0 saturated carbocycles. The van der Waals surface area contributed by atoms with E-state index in [1.165, 1.54) is 15.5 Å². The fraction of sp³-hybridized carbons (Fsp3) is 0.370. The van der Waals surface area contributed by atoms with Crippen LogP contribution in [0.3, 0.4) is 0 Å². The molecule has 2 aromatic carbocycles. The maximum atomic E-state index is 14.2. The number of aryl methyl sites for hydroxylation is 2. The van der Waals surface area contributed by atoms with Crippen molar-refractivity contribution in [3.63, 3.8) is 0 Å². The quantitative estimate of drug-likeness (QED) is 0.355. The van der Waals surface area contributed by atoms with Gasteiger partial charge in [-0.05, 0) is 56.5 Å². The number of amides is 1. The van der Waals surface area contributed by atoms with Crippen molar-refractivity contribution in [1.29, 1.82) is 0 Å². The lowest BCUT2D eigenvalue weighted by Gasteiger charge is -2.27. The van der Waals surface area contributed by atoms with E-state index in [0.717, 1.165) is 40.5 Å². The van der Waals surface area contributed by atoms with Gasteiger partial charge in [-0.25, -0.2) is 26.5 Å². The summed E-state index contributed by atoms with van der Waals surface area (Å²) in [6, 6.07) is 8.04. The summed E-state index contributed by atoms with van der Waals surface area (Å²) in [5, 5.41) is 4.05. The van der Waals surface area contributed by atoms with E-state index in [4.69, 9.17) is 9.51 Å². The second kappa shape index (κ2) is 9.23. The number of hydrogen-bond donors (Lipinski definition) is 0. The number of hydrogen-bond acceptors (Lipinski definition) is 6. The van der Waals surface area contributed by atoms with E-state index in [2.05, 4.69) is 5.16 Å². The van der Waals surface area contributed by atoms with Crippen LogP contribution in [0.2, 0.25) is 0 Å². The average molecular weight is 556 g/mol. The highest BCUT2D eigenvalue weighted by atomic mass is 32.2. The van der Waals surface area contributed by atoms with Gasteiger partial charge in [0.15, 0.2) is 0 Å². The number of halogens is 2. The Morgan fingerprint density at radius 2 is 1.79 bits per heavy atom. The minimum absolute atomic E-state index is 0.124. The molecule has 4 heterocycles. The van der Waals surface area contributed by atoms with Crippen molar-refractivity contribution in [2.24, 2.45) is 0 Å². The number of imidazole rings is 1. The average Bonchev–Trinajstić information content (AvgIpc) is 3.62. The van der Waals surface area contributed by atoms with Crippen LogP contribution in [0.5, 0.6) is 0 Å². The Hall–Kier alpha value is -3.64. The first-order valence-corrected chi connectivity index (χ1v) is 14.5. The molecular formula is C27H27F2N5O4S. The number of sulfonamides is 1. The van der Waals surface area contributed by atoms with Gasteiger partial charge in [0.1, 0.15) is 23.2 Å². The standard InChI is InChI=1S/C27H27F2N5O4S/c1-15-26(16(2)38-31-15)17-4-5-23-22(10-17)30-27(34(23)20-8-9-32(14-20)39(3,36)37)24-6-7-25(35)33(24)21-12-18(28)11-19(29)13-21/h4-5,10-13,20,24H,6-9,14H2,1-3H3. The molecule has 9 nitrogen and oxygen atoms in total. The lowest BCUT2D eigenvalue weighted by Crippen LogP contribution is -2.31. The maximum Gasteiger partial charge on any atom is 0.227 e. The van der Waals surface area contributed by atoms with E-state index in [1.807, 2.05) is 36.6 Å². The van der Waals surface area contributed by atoms with Gasteiger partial charge in [-0.2, -0.15) is 0 Å². The summed E-state index contributed by atoms with van der Waals surface area (Å²) in [5.74, 6) is -0.589. The number of carbonyl (C=O) groups is 1. The Kier molecular flexibility index (Phi) is 6.07. The molecule has 2 unspecified atom stereocenters. The monoisotopic (exact) mass is 555 g/mol. The van der Waals surface area contributed by atoms with Crippen molar-refractivity contribution in [3.05, 3.63) is 65.3 Å². The van der Waals surface area contributed by atoms with Crippen LogP contribution >= 0.6 is 0 Å². The molecule has 12 heteroatoms. The molecule has 0 N–H and O–H groups in total. The molecule has 0 spiro atoms. The number of aromatic nitrogens is 3. The third kappa shape index (κ3) is 4.41. The minimum atomic E-state index is -3.40. The predicted octanol–water partition coefficient (Wildman–Crippen LogP) is 4.66. The smallest absolute Gasteiger partial charge is 0.227 e. The summed E-state index contributed by atoms with van der Waals surface area (Å²) < 4.78 is 61.7. The molecule has 1 amide bonds. The van der Waals surface area contributed by atoms with Gasteiger partial charge in [0.25, 0.3) is 0 Å². The summed E-state index contributed by atoms with van der Waals surface area (Å²) in [6.07, 6.45) is 2.34. The third-order valence-corrected chi connectivity index (χ3v) is 8.90. The molecule has 0 radical (unpaired) electrons. The van der Waals surface area contributed by atoms with Crippen molar-refractivity contribution in [3.8, 4) is 11.1 Å². The Labute approximate surface area is 224 Å². The van der Waals surface area contributed by atoms with Gasteiger partial charge in [-0.1, -0.05) is 11.2 Å². The zero-order valence-corrected chi connectivity index (χ0v) is 22.5. The first-order chi connectivity index (χ1) is 18.5. The molecule has 2 atom stereocenters. The van der Waals surface area contributed by atoms with Crippen molar-refractivity contribution >= 4 is 32.7 Å². The number of rotatable bonds is 5. The largest absolute Gasteiger partial charge is 0.361 e. The van der Waals surface area contributed by atoms with Crippen molar-refractivity contribution in [1.82, 2.24) is 19.0 Å². The molecule has 204 valence electrons. The molecule has 0 aliphatic carbocycles. The molecule has 2 saturated heterocycles. The van der Waals surface area contributed by atoms with E-state index in [1.54, 1.807) is 0 Å². The molecule has 2 aromatic heterocycles. The second-order valence-corrected chi connectivity index (χ2v) is 12.2. The second-order valence-electron chi connectivity index (χ2n) is 10.3. The van der Waals surface area contributed by atoms with E-state index >= 15 is 0 Å². The van der Waals surface area contributed by atoms with Crippen LogP contribution in [0.25, 0.3) is 22.2 Å². The fourth-order valence-corrected chi connectivity index (χ4v) is 6.82. The zero-order valence-electron chi connectivity index (χ0n) is 21.7. The lowest BCUT2D eigenvalue weighted by atomic mass is 10.0. The van der Waals surface area contributed by atoms with Gasteiger partial charge in [0, 0.05) is 31.1 Å². The zero-order chi connectivity index (χ0) is 27.6. The normalized spacial score (nSPS) is 20.5. The number of fused-ring (bicyclic) bond motifs is 1. The molecule has 39 heavy (non-hydrogen) atoms. The van der Waals surface area contributed by atoms with Crippen LogP contribution in [0, 0.1) is 25.5 Å². The van der Waals surface area contributed by atoms with Crippen LogP contribution in [0.4, 0.5) is 14.5 Å². The first kappa shape index (κ1) is 25.6. The molecule has 2 fully saturated rings. The Bertz CT molecular complexity index is 1690. The number of anilines is 1. The number of nitrogens with zero attached hydrogens (tertiary/aromatic N) is 5. The third-order valence-electron chi connectivity index (χ3n) is 7.63. The van der Waals surface area contributed by atoms with Crippen LogP contribution < -0.4 is 4.90 Å². The van der Waals surface area contributed by atoms with Crippen LogP contribution in [0.1, 0.15) is 48.6 Å². The molecule has 4 aromatic rings. The summed E-state index contributed by atoms with van der Waals surface area (Å²) in [4.78, 5) is 19.4. The topological polar surface area (TPSA) is 102 Å². The van der Waals surface area contributed by atoms with E-state index in [-0.39, 0.29) is 30.6 Å². The van der Waals surface area contributed by atoms with Gasteiger partial charge >= 0.3 is 0 Å². The van der Waals surface area contributed by atoms with Crippen molar-refractivity contribution in [2.45, 2.75) is 45.2 Å². The van der Waals surface area contributed by atoms with Crippen LogP contribution in [-0.2, 0) is 14.8 Å². The Morgan fingerprint density at radius 3 is 2.44 bits per heavy atom. The van der Waals surface area contributed by atoms with Gasteiger partial charge in [-0.3, -0.25) is 4.79 Å². The molecule has 2 aliphatic rings. The van der Waals surface area contributed by atoms with Crippen LogP contribution in [0.15, 0.2) is 40.9 Å². The Balaban J connectivity index is 1.52. The summed E-state index contributed by atoms with van der Waals surface area (Å²) in [6.45, 7) is 4.32. The Morgan fingerprint density at radius 1 is 1.05 bits per heavy atom. The summed E-state index contributed by atoms with van der Waals surface area (Å²) in [5.41, 5.74) is 4.04. The van der Waals surface area contributed by atoms with Gasteiger partial charge in [0.05, 0.1) is 40.8 Å². The number of carbonyl (C=O) groups excluding carboxylic acids is 1. The van der Waals surface area contributed by atoms with Crippen molar-refractivity contribution in [2.75, 3.05) is 24.2 Å². The fourth-order valence-electron chi connectivity index (χ4n) is 5.94. The maximum absolute atomic E-state index is 14.2. The highest BCUT2D eigenvalue weighted by molar-refractivity contribution is 7.88. The van der Waals surface area contributed by atoms with Gasteiger partial charge < -0.3 is 14.0 Å². The lowest BCUT2D eigenvalue weighted by molar-refractivity contribution is -0.117. The SMILES string of the molecule is Cc1noc(C)c1-c1ccc2c(c1)nc(C1CCC(=O)N1c1cc(F)cc(F)c1)n2C1CCN(S(C)(=O)=O)C1. The van der Waals surface area contributed by atoms with Crippen LogP contribution in [-0.4, -0.2) is 52.7 Å². The van der Waals surface area contributed by atoms with Crippen molar-refractivity contribution < 1.29 is 26.5 Å². The number of benzene rings is 2. The highest BCUT2D eigenvalue weighted by Crippen LogP contribution is 2.41. The predicted molar refractivity (Wildman–Crippen MR) is 141 cm³/mol. The molecule has 0 bridgehead atoms. The van der Waals surface area contributed by atoms with E-state index in [9.17, 15) is 22.0 Å². The molecular weight excluding hydrogens is 528 g/mol. The van der Waals surface area contributed by atoms with E-state index in [0.29, 0.717) is 36.5 Å². The van der Waals surface area contributed by atoms with Gasteiger partial charge in [0.2, 0.25) is 15.9 Å². The van der Waals surface area contributed by atoms with E-state index < -0.39 is 27.7 Å². The molecule has 6 rings (SSSR count). The highest BCUT2D eigenvalue weighted by Gasteiger charge is 2.40. The van der Waals surface area contributed by atoms with Gasteiger partial charge in [-0.15, -0.1) is 0 Å². The summed E-state index contributed by atoms with van der Waals surface area (Å²) in [7, 11) is -3.40. The minimum Gasteiger partial charge on any atom is -0.361 e. The molecule has 2 aliphatic heterocycles.